The van der Waals surface area contributed by atoms with Gasteiger partial charge in [0.25, 0.3) is 11.8 Å². The highest BCUT2D eigenvalue weighted by Crippen LogP contribution is 2.36. The lowest BCUT2D eigenvalue weighted by molar-refractivity contribution is -0.0166. The van der Waals surface area contributed by atoms with E-state index in [2.05, 4.69) is 4.98 Å². The van der Waals surface area contributed by atoms with E-state index < -0.39 is 24.2 Å². The number of ether oxygens (including phenoxy) is 1. The van der Waals surface area contributed by atoms with Crippen molar-refractivity contribution in [2.45, 2.75) is 38.7 Å². The molecule has 0 saturated carbocycles. The molecule has 1 aliphatic rings. The molecule has 0 unspecified atom stereocenters. The summed E-state index contributed by atoms with van der Waals surface area (Å²) in [6.45, 7) is 2.53. The number of carbonyl (C=O) groups is 1. The number of fused-ring (bicyclic) bond motifs is 1. The van der Waals surface area contributed by atoms with E-state index in [-0.39, 0.29) is 24.2 Å². The Labute approximate surface area is 167 Å². The van der Waals surface area contributed by atoms with Gasteiger partial charge in [0.2, 0.25) is 5.88 Å². The van der Waals surface area contributed by atoms with Gasteiger partial charge < -0.3 is 10.5 Å². The third-order valence-electron chi connectivity index (χ3n) is 4.81. The van der Waals surface area contributed by atoms with Gasteiger partial charge in [0.05, 0.1) is 6.54 Å². The Bertz CT molecular complexity index is 928. The Kier molecular flexibility index (Phi) is 5.84. The molecule has 1 amide bonds. The predicted octanol–water partition coefficient (Wildman–Crippen LogP) is 3.58. The van der Waals surface area contributed by atoms with Crippen LogP contribution in [0, 0.1) is 12.7 Å². The molecule has 0 fully saturated rings. The zero-order chi connectivity index (χ0) is 21.3. The molecule has 29 heavy (non-hydrogen) atoms. The predicted molar refractivity (Wildman–Crippen MR) is 104 cm³/mol. The number of alkyl halides is 2. The lowest BCUT2D eigenvalue weighted by Gasteiger charge is -2.31. The lowest BCUT2D eigenvalue weighted by Crippen LogP contribution is -2.40. The number of benzene rings is 1. The summed E-state index contributed by atoms with van der Waals surface area (Å²) in [7, 11) is 1.59. The van der Waals surface area contributed by atoms with Crippen LogP contribution in [0.15, 0.2) is 24.3 Å². The number of aryl methyl sites for hydroxylation is 1. The van der Waals surface area contributed by atoms with Crippen LogP contribution in [0.25, 0.3) is 11.1 Å². The maximum absolute atomic E-state index is 14.6. The first-order valence-electron chi connectivity index (χ1n) is 9.37. The van der Waals surface area contributed by atoms with E-state index in [4.69, 9.17) is 10.5 Å². The SMILES string of the molecule is Cc1ccc(-c2cc(C(N)=O)nc3c2CC[C@@H](CN(C)CC(C)(F)F)O3)c(F)c1. The van der Waals surface area contributed by atoms with Crippen LogP contribution in [0.1, 0.15) is 35.0 Å². The summed E-state index contributed by atoms with van der Waals surface area (Å²) in [5.74, 6) is -3.78. The molecular formula is C21H24F3N3O2. The summed E-state index contributed by atoms with van der Waals surface area (Å²) in [5, 5.41) is 0. The van der Waals surface area contributed by atoms with Crippen LogP contribution in [0.3, 0.4) is 0 Å². The van der Waals surface area contributed by atoms with Crippen molar-refractivity contribution < 1.29 is 22.7 Å². The Balaban J connectivity index is 1.93. The standard InChI is InChI=1S/C21H24F3N3O2/c1-12-4-6-14(17(22)8-12)16-9-18(19(25)28)26-20-15(16)7-5-13(29-20)10-27(3)11-21(2,23)24/h4,6,8-9,13H,5,7,10-11H2,1-3H3,(H2,25,28)/t13-/m0/s1. The first-order chi connectivity index (χ1) is 13.5. The molecule has 156 valence electrons. The van der Waals surface area contributed by atoms with Gasteiger partial charge in [-0.1, -0.05) is 12.1 Å². The Morgan fingerprint density at radius 1 is 1.34 bits per heavy atom. The molecule has 5 nitrogen and oxygen atoms in total. The maximum atomic E-state index is 14.6. The van der Waals surface area contributed by atoms with Gasteiger partial charge in [-0.05, 0) is 50.1 Å². The fourth-order valence-electron chi connectivity index (χ4n) is 3.63. The van der Waals surface area contributed by atoms with E-state index in [0.29, 0.717) is 29.5 Å². The number of carbonyl (C=O) groups excluding carboxylic acids is 1. The van der Waals surface area contributed by atoms with Gasteiger partial charge in [-0.25, -0.2) is 18.2 Å². The first-order valence-corrected chi connectivity index (χ1v) is 9.37. The highest BCUT2D eigenvalue weighted by molar-refractivity contribution is 5.93. The van der Waals surface area contributed by atoms with Crippen molar-refractivity contribution in [2.24, 2.45) is 5.73 Å². The second-order valence-electron chi connectivity index (χ2n) is 7.73. The second kappa shape index (κ2) is 8.02. The molecule has 1 aromatic carbocycles. The quantitative estimate of drug-likeness (QED) is 0.795. The van der Waals surface area contributed by atoms with Crippen LogP contribution in [0.4, 0.5) is 13.2 Å². The van der Waals surface area contributed by atoms with Crippen molar-refractivity contribution >= 4 is 5.91 Å². The van der Waals surface area contributed by atoms with E-state index >= 15 is 0 Å². The monoisotopic (exact) mass is 407 g/mol. The molecule has 2 N–H and O–H groups in total. The number of pyridine rings is 1. The maximum Gasteiger partial charge on any atom is 0.267 e. The molecule has 2 aromatic rings. The van der Waals surface area contributed by atoms with E-state index in [0.717, 1.165) is 12.5 Å². The fraction of sp³-hybridized carbons (Fsp3) is 0.429. The number of likely N-dealkylation sites (N-methyl/N-ethyl adjacent to an activating group) is 1. The number of hydrogen-bond donors (Lipinski definition) is 1. The Hall–Kier alpha value is -2.61. The van der Waals surface area contributed by atoms with Gasteiger partial charge >= 0.3 is 0 Å². The van der Waals surface area contributed by atoms with Gasteiger partial charge in [0.1, 0.15) is 17.6 Å². The van der Waals surface area contributed by atoms with E-state index in [1.54, 1.807) is 26.1 Å². The number of aromatic nitrogens is 1. The van der Waals surface area contributed by atoms with Gasteiger partial charge in [-0.3, -0.25) is 9.69 Å². The number of nitrogens with zero attached hydrogens (tertiary/aromatic N) is 2. The van der Waals surface area contributed by atoms with Crippen molar-refractivity contribution in [2.75, 3.05) is 20.1 Å². The fourth-order valence-corrected chi connectivity index (χ4v) is 3.63. The number of halogens is 3. The topological polar surface area (TPSA) is 68.5 Å². The highest BCUT2D eigenvalue weighted by Gasteiger charge is 2.29. The van der Waals surface area contributed by atoms with Gasteiger partial charge in [-0.2, -0.15) is 0 Å². The van der Waals surface area contributed by atoms with E-state index in [1.807, 2.05) is 0 Å². The first kappa shape index (κ1) is 21.1. The molecule has 1 aromatic heterocycles. The van der Waals surface area contributed by atoms with Gasteiger partial charge in [0.15, 0.2) is 0 Å². The zero-order valence-corrected chi connectivity index (χ0v) is 16.6. The molecule has 2 heterocycles. The number of rotatable bonds is 6. The largest absolute Gasteiger partial charge is 0.473 e. The molecule has 1 aliphatic heterocycles. The highest BCUT2D eigenvalue weighted by atomic mass is 19.3. The summed E-state index contributed by atoms with van der Waals surface area (Å²) < 4.78 is 47.0. The van der Waals surface area contributed by atoms with Crippen LogP contribution in [0.2, 0.25) is 0 Å². The summed E-state index contributed by atoms with van der Waals surface area (Å²) in [6.07, 6.45) is 0.705. The molecular weight excluding hydrogens is 383 g/mol. The molecule has 0 radical (unpaired) electrons. The Morgan fingerprint density at radius 3 is 2.69 bits per heavy atom. The molecule has 1 atom stereocenters. The molecule has 0 saturated heterocycles. The summed E-state index contributed by atoms with van der Waals surface area (Å²) >= 11 is 0. The van der Waals surface area contributed by atoms with Crippen molar-refractivity contribution in [3.63, 3.8) is 0 Å². The number of hydrogen-bond acceptors (Lipinski definition) is 4. The number of amides is 1. The number of primary amides is 1. The lowest BCUT2D eigenvalue weighted by atomic mass is 9.93. The minimum Gasteiger partial charge on any atom is -0.473 e. The molecule has 0 aliphatic carbocycles. The summed E-state index contributed by atoms with van der Waals surface area (Å²) in [4.78, 5) is 17.4. The van der Waals surface area contributed by atoms with Gasteiger partial charge in [-0.15, -0.1) is 0 Å². The average molecular weight is 407 g/mol. The minimum absolute atomic E-state index is 0.0344. The minimum atomic E-state index is -2.81. The molecule has 0 spiro atoms. The van der Waals surface area contributed by atoms with Crippen molar-refractivity contribution in [1.29, 1.82) is 0 Å². The van der Waals surface area contributed by atoms with E-state index in [1.165, 1.54) is 17.0 Å². The van der Waals surface area contributed by atoms with Crippen molar-refractivity contribution in [3.05, 3.63) is 46.9 Å². The van der Waals surface area contributed by atoms with Crippen LogP contribution < -0.4 is 10.5 Å². The van der Waals surface area contributed by atoms with Gasteiger partial charge in [0, 0.05) is 24.6 Å². The van der Waals surface area contributed by atoms with Crippen LogP contribution in [0.5, 0.6) is 5.88 Å². The average Bonchev–Trinajstić information content (AvgIpc) is 2.59. The number of nitrogens with two attached hydrogens (primary N) is 1. The smallest absolute Gasteiger partial charge is 0.267 e. The third kappa shape index (κ3) is 5.06. The zero-order valence-electron chi connectivity index (χ0n) is 16.6. The van der Waals surface area contributed by atoms with Crippen molar-refractivity contribution in [3.8, 4) is 17.0 Å². The van der Waals surface area contributed by atoms with E-state index in [9.17, 15) is 18.0 Å². The van der Waals surface area contributed by atoms with Crippen LogP contribution >= 0.6 is 0 Å². The Morgan fingerprint density at radius 2 is 2.07 bits per heavy atom. The third-order valence-corrected chi connectivity index (χ3v) is 4.81. The summed E-state index contributed by atoms with van der Waals surface area (Å²) in [5.41, 5.74) is 7.66. The molecule has 0 bridgehead atoms. The van der Waals surface area contributed by atoms with Crippen LogP contribution in [-0.2, 0) is 6.42 Å². The van der Waals surface area contributed by atoms with Crippen molar-refractivity contribution in [1.82, 2.24) is 9.88 Å². The van der Waals surface area contributed by atoms with Crippen LogP contribution in [-0.4, -0.2) is 48.0 Å². The normalized spacial score (nSPS) is 16.4. The second-order valence-corrected chi connectivity index (χ2v) is 7.73. The molecule has 8 heteroatoms. The molecule has 3 rings (SSSR count). The summed E-state index contributed by atoms with van der Waals surface area (Å²) in [6, 6.07) is 6.32.